The van der Waals surface area contributed by atoms with Crippen molar-refractivity contribution in [2.75, 3.05) is 26.2 Å². The molecular weight excluding hydrogens is 468 g/mol. The number of nitrogens with zero attached hydrogens (tertiary/aromatic N) is 4. The van der Waals surface area contributed by atoms with Crippen molar-refractivity contribution in [1.29, 1.82) is 0 Å². The summed E-state index contributed by atoms with van der Waals surface area (Å²) >= 11 is 0. The predicted molar refractivity (Wildman–Crippen MR) is 119 cm³/mol. The van der Waals surface area contributed by atoms with Crippen LogP contribution in [-0.4, -0.2) is 64.0 Å². The summed E-state index contributed by atoms with van der Waals surface area (Å²) in [5, 5.41) is 0. The lowest BCUT2D eigenvalue weighted by Crippen LogP contribution is -2.52. The molecule has 35 heavy (non-hydrogen) atoms. The number of aromatic nitrogens is 2. The van der Waals surface area contributed by atoms with Crippen molar-refractivity contribution in [2.45, 2.75) is 26.5 Å². The van der Waals surface area contributed by atoms with Gasteiger partial charge in [0.15, 0.2) is 11.6 Å². The SMILES string of the molecule is CC(C)C(C(=O)N1CCN(C(=O)c2ccccc2OC(F)F)CC1)n1cnc2cc(F)c(F)cc21. The molecule has 1 aliphatic heterocycles. The largest absolute Gasteiger partial charge is 0.434 e. The number of imidazole rings is 1. The van der Waals surface area contributed by atoms with E-state index in [-0.39, 0.29) is 54.8 Å². The third-order valence-electron chi connectivity index (χ3n) is 6.01. The second-order valence-corrected chi connectivity index (χ2v) is 8.59. The summed E-state index contributed by atoms with van der Waals surface area (Å²) in [6.45, 7) is 1.46. The van der Waals surface area contributed by atoms with Crippen LogP contribution >= 0.6 is 0 Å². The van der Waals surface area contributed by atoms with Gasteiger partial charge in [-0.05, 0) is 18.1 Å². The average molecular weight is 492 g/mol. The molecule has 0 bridgehead atoms. The predicted octanol–water partition coefficient (Wildman–Crippen LogP) is 4.10. The number of carbonyl (C=O) groups excluding carboxylic acids is 2. The number of carbonyl (C=O) groups is 2. The third-order valence-corrected chi connectivity index (χ3v) is 6.01. The topological polar surface area (TPSA) is 67.7 Å². The van der Waals surface area contributed by atoms with Crippen LogP contribution < -0.4 is 4.74 Å². The van der Waals surface area contributed by atoms with Crippen molar-refractivity contribution in [2.24, 2.45) is 5.92 Å². The van der Waals surface area contributed by atoms with Gasteiger partial charge in [-0.1, -0.05) is 26.0 Å². The lowest BCUT2D eigenvalue weighted by molar-refractivity contribution is -0.137. The molecule has 7 nitrogen and oxygen atoms in total. The van der Waals surface area contributed by atoms with E-state index in [1.54, 1.807) is 15.5 Å². The Hall–Kier alpha value is -3.63. The minimum absolute atomic E-state index is 0.0202. The van der Waals surface area contributed by atoms with E-state index in [0.717, 1.165) is 12.1 Å². The molecule has 4 rings (SSSR count). The van der Waals surface area contributed by atoms with Gasteiger partial charge in [0.05, 0.1) is 22.9 Å². The summed E-state index contributed by atoms with van der Waals surface area (Å²) in [4.78, 5) is 33.6. The van der Waals surface area contributed by atoms with Crippen LogP contribution in [0, 0.1) is 17.6 Å². The fourth-order valence-electron chi connectivity index (χ4n) is 4.30. The number of benzene rings is 2. The second-order valence-electron chi connectivity index (χ2n) is 8.59. The molecule has 1 fully saturated rings. The Morgan fingerprint density at radius 3 is 2.26 bits per heavy atom. The van der Waals surface area contributed by atoms with Crippen molar-refractivity contribution in [3.8, 4) is 5.75 Å². The number of hydrogen-bond acceptors (Lipinski definition) is 4. The molecule has 0 N–H and O–H groups in total. The number of halogens is 4. The number of ether oxygens (including phenoxy) is 1. The van der Waals surface area contributed by atoms with Crippen molar-refractivity contribution in [3.05, 3.63) is 59.9 Å². The van der Waals surface area contributed by atoms with Gasteiger partial charge in [0.2, 0.25) is 5.91 Å². The second kappa shape index (κ2) is 9.93. The molecule has 0 aliphatic carbocycles. The molecule has 1 atom stereocenters. The standard InChI is InChI=1S/C24H24F4N4O3/c1-14(2)21(32-13-29-18-11-16(25)17(26)12-19(18)32)23(34)31-9-7-30(8-10-31)22(33)15-5-3-4-6-20(15)35-24(27)28/h3-6,11-14,21,24H,7-10H2,1-2H3. The van der Waals surface area contributed by atoms with Crippen LogP contribution in [-0.2, 0) is 4.79 Å². The van der Waals surface area contributed by atoms with Gasteiger partial charge in [0.1, 0.15) is 11.8 Å². The number of piperazine rings is 1. The van der Waals surface area contributed by atoms with Gasteiger partial charge >= 0.3 is 6.61 Å². The zero-order chi connectivity index (χ0) is 25.3. The molecule has 2 aromatic carbocycles. The Morgan fingerprint density at radius 2 is 1.60 bits per heavy atom. The van der Waals surface area contributed by atoms with Gasteiger partial charge < -0.3 is 19.1 Å². The molecule has 1 saturated heterocycles. The lowest BCUT2D eigenvalue weighted by Gasteiger charge is -2.37. The minimum atomic E-state index is -3.06. The van der Waals surface area contributed by atoms with E-state index in [0.29, 0.717) is 5.52 Å². The van der Waals surface area contributed by atoms with Crippen LogP contribution in [0.25, 0.3) is 11.0 Å². The Morgan fingerprint density at radius 1 is 0.971 bits per heavy atom. The first-order valence-corrected chi connectivity index (χ1v) is 11.1. The maximum Gasteiger partial charge on any atom is 0.387 e. The summed E-state index contributed by atoms with van der Waals surface area (Å²) in [6, 6.07) is 7.07. The number of fused-ring (bicyclic) bond motifs is 1. The molecule has 0 saturated carbocycles. The fraction of sp³-hybridized carbons (Fsp3) is 0.375. The van der Waals surface area contributed by atoms with E-state index in [9.17, 15) is 27.2 Å². The van der Waals surface area contributed by atoms with Gasteiger partial charge in [0.25, 0.3) is 5.91 Å². The zero-order valence-electron chi connectivity index (χ0n) is 19.1. The first-order chi connectivity index (χ1) is 16.7. The van der Waals surface area contributed by atoms with E-state index in [1.807, 2.05) is 13.8 Å². The molecule has 3 aromatic rings. The first-order valence-electron chi connectivity index (χ1n) is 11.1. The summed E-state index contributed by atoms with van der Waals surface area (Å²) in [6.07, 6.45) is 1.39. The highest BCUT2D eigenvalue weighted by Gasteiger charge is 2.33. The molecular formula is C24H24F4N4O3. The Kier molecular flexibility index (Phi) is 6.95. The molecule has 2 heterocycles. The highest BCUT2D eigenvalue weighted by Crippen LogP contribution is 2.28. The highest BCUT2D eigenvalue weighted by atomic mass is 19.3. The Balaban J connectivity index is 1.50. The molecule has 0 spiro atoms. The van der Waals surface area contributed by atoms with Crippen LogP contribution in [0.1, 0.15) is 30.2 Å². The maximum absolute atomic E-state index is 13.9. The van der Waals surface area contributed by atoms with Gasteiger partial charge in [-0.3, -0.25) is 9.59 Å². The molecule has 1 aliphatic rings. The molecule has 2 amide bonds. The van der Waals surface area contributed by atoms with E-state index in [4.69, 9.17) is 0 Å². The van der Waals surface area contributed by atoms with Crippen LogP contribution in [0.4, 0.5) is 17.6 Å². The van der Waals surface area contributed by atoms with Crippen molar-refractivity contribution in [3.63, 3.8) is 0 Å². The smallest absolute Gasteiger partial charge is 0.387 e. The third kappa shape index (κ3) is 4.94. The fourth-order valence-corrected chi connectivity index (χ4v) is 4.30. The van der Waals surface area contributed by atoms with E-state index < -0.39 is 30.2 Å². The lowest BCUT2D eigenvalue weighted by atomic mass is 10.0. The summed E-state index contributed by atoms with van der Waals surface area (Å²) in [5.74, 6) is -3.15. The highest BCUT2D eigenvalue weighted by molar-refractivity contribution is 5.97. The summed E-state index contributed by atoms with van der Waals surface area (Å²) < 4.78 is 58.9. The van der Waals surface area contributed by atoms with Gasteiger partial charge in [0, 0.05) is 38.3 Å². The van der Waals surface area contributed by atoms with Crippen LogP contribution in [0.2, 0.25) is 0 Å². The zero-order valence-corrected chi connectivity index (χ0v) is 19.1. The molecule has 0 radical (unpaired) electrons. The number of hydrogen-bond donors (Lipinski definition) is 0. The van der Waals surface area contributed by atoms with E-state index in [2.05, 4.69) is 9.72 Å². The van der Waals surface area contributed by atoms with E-state index >= 15 is 0 Å². The molecule has 186 valence electrons. The first kappa shape index (κ1) is 24.5. The minimum Gasteiger partial charge on any atom is -0.434 e. The van der Waals surface area contributed by atoms with Gasteiger partial charge in [-0.15, -0.1) is 0 Å². The van der Waals surface area contributed by atoms with Gasteiger partial charge in [-0.25, -0.2) is 13.8 Å². The monoisotopic (exact) mass is 492 g/mol. The summed E-state index contributed by atoms with van der Waals surface area (Å²) in [7, 11) is 0. The summed E-state index contributed by atoms with van der Waals surface area (Å²) in [5.41, 5.74) is 0.564. The number of amides is 2. The van der Waals surface area contributed by atoms with E-state index in [1.165, 1.54) is 29.4 Å². The maximum atomic E-state index is 13.9. The number of rotatable bonds is 6. The number of para-hydroxylation sites is 1. The molecule has 1 unspecified atom stereocenters. The van der Waals surface area contributed by atoms with Crippen molar-refractivity contribution in [1.82, 2.24) is 19.4 Å². The molecule has 11 heteroatoms. The quantitative estimate of drug-likeness (QED) is 0.486. The van der Waals surface area contributed by atoms with Crippen LogP contribution in [0.15, 0.2) is 42.7 Å². The van der Waals surface area contributed by atoms with Crippen molar-refractivity contribution < 1.29 is 31.9 Å². The Labute approximate surface area is 198 Å². The Bertz CT molecular complexity index is 1240. The van der Waals surface area contributed by atoms with Gasteiger partial charge in [-0.2, -0.15) is 8.78 Å². The average Bonchev–Trinajstić information content (AvgIpc) is 3.20. The molecule has 1 aromatic heterocycles. The van der Waals surface area contributed by atoms with Crippen LogP contribution in [0.3, 0.4) is 0 Å². The number of alkyl halides is 2. The van der Waals surface area contributed by atoms with Crippen molar-refractivity contribution >= 4 is 22.8 Å². The normalized spacial score (nSPS) is 15.2. The van der Waals surface area contributed by atoms with Crippen LogP contribution in [0.5, 0.6) is 5.75 Å².